The third-order valence-electron chi connectivity index (χ3n) is 4.48. The lowest BCUT2D eigenvalue weighted by molar-refractivity contribution is 0.0322. The number of unbranched alkanes of at least 4 members (excludes halogenated alkanes) is 3. The molecule has 0 atom stereocenters. The first-order chi connectivity index (χ1) is 13.8. The molecule has 1 aromatic carbocycles. The van der Waals surface area contributed by atoms with Crippen LogP contribution in [0, 0.1) is 0 Å². The fourth-order valence-electron chi connectivity index (χ4n) is 2.83. The molecular weight excluding hydrogens is 360 g/mol. The molecule has 0 unspecified atom stereocenters. The molecule has 1 aliphatic heterocycles. The zero-order chi connectivity index (χ0) is 19.9. The van der Waals surface area contributed by atoms with Gasteiger partial charge in [0.1, 0.15) is 19.0 Å². The molecule has 28 heavy (non-hydrogen) atoms. The fraction of sp³-hybridized carbons (Fsp3) is 0.667. The Balaban J connectivity index is 1.52. The lowest BCUT2D eigenvalue weighted by Gasteiger charge is -2.26. The van der Waals surface area contributed by atoms with Gasteiger partial charge in [-0.1, -0.05) is 26.2 Å². The lowest BCUT2D eigenvalue weighted by Crippen LogP contribution is -2.38. The quantitative estimate of drug-likeness (QED) is 0.516. The molecule has 1 aliphatic rings. The van der Waals surface area contributed by atoms with Crippen LogP contribution in [0.5, 0.6) is 5.75 Å². The minimum Gasteiger partial charge on any atom is -0.492 e. The molecule has 1 fully saturated rings. The Labute approximate surface area is 168 Å². The molecule has 7 nitrogen and oxygen atoms in total. The summed E-state index contributed by atoms with van der Waals surface area (Å²) in [5.74, 6) is 0.781. The van der Waals surface area contributed by atoms with Crippen LogP contribution in [-0.4, -0.2) is 70.3 Å². The van der Waals surface area contributed by atoms with E-state index in [1.165, 1.54) is 19.3 Å². The van der Waals surface area contributed by atoms with Crippen LogP contribution in [0.25, 0.3) is 0 Å². The van der Waals surface area contributed by atoms with Crippen LogP contribution in [-0.2, 0) is 14.2 Å². The Morgan fingerprint density at radius 2 is 1.82 bits per heavy atom. The normalized spacial score (nSPS) is 14.6. The van der Waals surface area contributed by atoms with E-state index in [-0.39, 0.29) is 6.61 Å². The second-order valence-electron chi connectivity index (χ2n) is 6.76. The Hall–Kier alpha value is -1.83. The summed E-state index contributed by atoms with van der Waals surface area (Å²) in [6, 6.07) is 7.29. The first-order valence-electron chi connectivity index (χ1n) is 10.3. The van der Waals surface area contributed by atoms with Crippen molar-refractivity contribution in [3.05, 3.63) is 24.3 Å². The number of amides is 1. The molecule has 1 heterocycles. The van der Waals surface area contributed by atoms with Crippen molar-refractivity contribution in [3.63, 3.8) is 0 Å². The van der Waals surface area contributed by atoms with Crippen molar-refractivity contribution < 1.29 is 23.7 Å². The summed E-state index contributed by atoms with van der Waals surface area (Å²) in [6.45, 7) is 8.60. The first kappa shape index (κ1) is 22.5. The molecule has 0 saturated carbocycles. The maximum Gasteiger partial charge on any atom is 0.411 e. The summed E-state index contributed by atoms with van der Waals surface area (Å²) in [4.78, 5) is 14.1. The SMILES string of the molecule is CCCCCCOCCOC(=O)Nc1ccc(OCCN2CCOCC2)cc1. The number of carbonyl (C=O) groups is 1. The summed E-state index contributed by atoms with van der Waals surface area (Å²) in [5, 5.41) is 2.70. The average Bonchev–Trinajstić information content (AvgIpc) is 2.72. The Morgan fingerprint density at radius 1 is 1.04 bits per heavy atom. The predicted octanol–water partition coefficient (Wildman–Crippen LogP) is 3.54. The highest BCUT2D eigenvalue weighted by Crippen LogP contribution is 2.16. The maximum absolute atomic E-state index is 11.8. The second-order valence-corrected chi connectivity index (χ2v) is 6.76. The molecule has 1 aromatic rings. The van der Waals surface area contributed by atoms with Crippen LogP contribution in [0.15, 0.2) is 24.3 Å². The standard InChI is InChI=1S/C21H34N2O5/c1-2-3-4-5-13-25-17-18-28-21(24)22-19-6-8-20(9-7-19)27-16-12-23-10-14-26-15-11-23/h6-9H,2-5,10-18H2,1H3,(H,22,24). The van der Waals surface area contributed by atoms with Gasteiger partial charge in [-0.15, -0.1) is 0 Å². The van der Waals surface area contributed by atoms with Gasteiger partial charge in [0.2, 0.25) is 0 Å². The third-order valence-corrected chi connectivity index (χ3v) is 4.48. The highest BCUT2D eigenvalue weighted by atomic mass is 16.6. The number of morpholine rings is 1. The second kappa shape index (κ2) is 14.2. The molecule has 7 heteroatoms. The third kappa shape index (κ3) is 9.92. The zero-order valence-electron chi connectivity index (χ0n) is 17.0. The molecule has 1 amide bonds. The van der Waals surface area contributed by atoms with Crippen LogP contribution in [0.4, 0.5) is 10.5 Å². The van der Waals surface area contributed by atoms with Gasteiger partial charge in [-0.25, -0.2) is 4.79 Å². The largest absolute Gasteiger partial charge is 0.492 e. The number of ether oxygens (including phenoxy) is 4. The first-order valence-corrected chi connectivity index (χ1v) is 10.3. The topological polar surface area (TPSA) is 69.3 Å². The number of anilines is 1. The highest BCUT2D eigenvalue weighted by molar-refractivity contribution is 5.84. The molecule has 1 N–H and O–H groups in total. The van der Waals surface area contributed by atoms with Gasteiger partial charge in [0, 0.05) is 31.9 Å². The molecule has 0 bridgehead atoms. The van der Waals surface area contributed by atoms with Crippen molar-refractivity contribution in [1.29, 1.82) is 0 Å². The average molecular weight is 395 g/mol. The van der Waals surface area contributed by atoms with Crippen LogP contribution >= 0.6 is 0 Å². The number of benzene rings is 1. The van der Waals surface area contributed by atoms with Gasteiger partial charge >= 0.3 is 6.09 Å². The van der Waals surface area contributed by atoms with E-state index < -0.39 is 6.09 Å². The minimum absolute atomic E-state index is 0.252. The van der Waals surface area contributed by atoms with Crippen LogP contribution in [0.3, 0.4) is 0 Å². The summed E-state index contributed by atoms with van der Waals surface area (Å²) >= 11 is 0. The molecule has 0 aromatic heterocycles. The smallest absolute Gasteiger partial charge is 0.411 e. The molecule has 2 rings (SSSR count). The van der Waals surface area contributed by atoms with Gasteiger partial charge in [0.15, 0.2) is 0 Å². The molecule has 0 aliphatic carbocycles. The highest BCUT2D eigenvalue weighted by Gasteiger charge is 2.09. The van der Waals surface area contributed by atoms with Gasteiger partial charge in [0.25, 0.3) is 0 Å². The lowest BCUT2D eigenvalue weighted by atomic mass is 10.2. The van der Waals surface area contributed by atoms with E-state index in [0.29, 0.717) is 18.9 Å². The van der Waals surface area contributed by atoms with E-state index in [0.717, 1.165) is 51.6 Å². The molecule has 158 valence electrons. The summed E-state index contributed by atoms with van der Waals surface area (Å²) in [5.41, 5.74) is 0.672. The van der Waals surface area contributed by atoms with Crippen molar-refractivity contribution in [3.8, 4) is 5.75 Å². The van der Waals surface area contributed by atoms with Gasteiger partial charge in [0.05, 0.1) is 19.8 Å². The molecule has 1 saturated heterocycles. The van der Waals surface area contributed by atoms with Crippen LogP contribution in [0.2, 0.25) is 0 Å². The Bertz CT molecular complexity index is 532. The number of nitrogens with zero attached hydrogens (tertiary/aromatic N) is 1. The summed E-state index contributed by atoms with van der Waals surface area (Å²) in [7, 11) is 0. The summed E-state index contributed by atoms with van der Waals surface area (Å²) in [6.07, 6.45) is 4.21. The number of rotatable bonds is 13. The van der Waals surface area contributed by atoms with Crippen molar-refractivity contribution >= 4 is 11.8 Å². The predicted molar refractivity (Wildman–Crippen MR) is 109 cm³/mol. The maximum atomic E-state index is 11.8. The van der Waals surface area contributed by atoms with Crippen molar-refractivity contribution in [2.45, 2.75) is 32.6 Å². The molecular formula is C21H34N2O5. The zero-order valence-corrected chi connectivity index (χ0v) is 17.0. The van der Waals surface area contributed by atoms with E-state index in [1.807, 2.05) is 12.1 Å². The molecule has 0 spiro atoms. The summed E-state index contributed by atoms with van der Waals surface area (Å²) < 4.78 is 21.6. The van der Waals surface area contributed by atoms with Crippen molar-refractivity contribution in [1.82, 2.24) is 4.90 Å². The monoisotopic (exact) mass is 394 g/mol. The van der Waals surface area contributed by atoms with Crippen LogP contribution in [0.1, 0.15) is 32.6 Å². The number of carbonyl (C=O) groups excluding carboxylic acids is 1. The van der Waals surface area contributed by atoms with E-state index in [4.69, 9.17) is 18.9 Å². The van der Waals surface area contributed by atoms with Crippen LogP contribution < -0.4 is 10.1 Å². The Morgan fingerprint density at radius 3 is 2.57 bits per heavy atom. The fourth-order valence-corrected chi connectivity index (χ4v) is 2.83. The van der Waals surface area contributed by atoms with Gasteiger partial charge < -0.3 is 18.9 Å². The van der Waals surface area contributed by atoms with E-state index in [9.17, 15) is 4.79 Å². The Kier molecular flexibility index (Phi) is 11.4. The number of nitrogens with one attached hydrogen (secondary N) is 1. The van der Waals surface area contributed by atoms with Gasteiger partial charge in [-0.2, -0.15) is 0 Å². The van der Waals surface area contributed by atoms with Crippen molar-refractivity contribution in [2.75, 3.05) is 64.6 Å². The van der Waals surface area contributed by atoms with E-state index >= 15 is 0 Å². The number of hydrogen-bond donors (Lipinski definition) is 1. The minimum atomic E-state index is -0.476. The molecule has 0 radical (unpaired) electrons. The van der Waals surface area contributed by atoms with E-state index in [1.54, 1.807) is 12.1 Å². The van der Waals surface area contributed by atoms with E-state index in [2.05, 4.69) is 17.1 Å². The van der Waals surface area contributed by atoms with Gasteiger partial charge in [-0.3, -0.25) is 10.2 Å². The van der Waals surface area contributed by atoms with Crippen molar-refractivity contribution in [2.24, 2.45) is 0 Å². The van der Waals surface area contributed by atoms with Gasteiger partial charge in [-0.05, 0) is 30.7 Å². The number of hydrogen-bond acceptors (Lipinski definition) is 6.